The van der Waals surface area contributed by atoms with E-state index in [-0.39, 0.29) is 11.9 Å². The lowest BCUT2D eigenvalue weighted by molar-refractivity contribution is 0.0941. The summed E-state index contributed by atoms with van der Waals surface area (Å²) in [6, 6.07) is 15.4. The molecule has 2 aromatic carbocycles. The molecule has 3 heteroatoms. The second-order valence-corrected chi connectivity index (χ2v) is 5.09. The number of carbonyl (C=O) groups excluding carboxylic acids is 1. The van der Waals surface area contributed by atoms with Gasteiger partial charge in [0.25, 0.3) is 5.91 Å². The van der Waals surface area contributed by atoms with Gasteiger partial charge in [-0.15, -0.1) is 0 Å². The fraction of sp³-hybridized carbons (Fsp3) is 0.235. The first kappa shape index (κ1) is 14.1. The molecule has 1 atom stereocenters. The molecule has 0 aliphatic carbocycles. The van der Waals surface area contributed by atoms with Gasteiger partial charge in [0.1, 0.15) is 0 Å². The van der Waals surface area contributed by atoms with E-state index in [1.54, 1.807) is 12.1 Å². The van der Waals surface area contributed by atoms with Gasteiger partial charge in [0.2, 0.25) is 0 Å². The first-order valence-electron chi connectivity index (χ1n) is 6.78. The van der Waals surface area contributed by atoms with E-state index >= 15 is 0 Å². The zero-order chi connectivity index (χ0) is 14.5. The average molecular weight is 268 g/mol. The number of nitrogen functional groups attached to an aromatic ring is 1. The summed E-state index contributed by atoms with van der Waals surface area (Å²) < 4.78 is 0. The number of hydrogen-bond acceptors (Lipinski definition) is 2. The van der Waals surface area contributed by atoms with Crippen LogP contribution in [0.1, 0.15) is 28.4 Å². The molecule has 2 rings (SSSR count). The molecule has 2 aromatic rings. The van der Waals surface area contributed by atoms with E-state index in [1.165, 1.54) is 11.1 Å². The Balaban J connectivity index is 2.02. The van der Waals surface area contributed by atoms with Crippen molar-refractivity contribution in [3.8, 4) is 0 Å². The van der Waals surface area contributed by atoms with E-state index < -0.39 is 0 Å². The average Bonchev–Trinajstić information content (AvgIpc) is 2.41. The third-order valence-corrected chi connectivity index (χ3v) is 3.37. The number of hydrogen-bond donors (Lipinski definition) is 2. The van der Waals surface area contributed by atoms with Crippen LogP contribution in [0.4, 0.5) is 5.69 Å². The number of rotatable bonds is 4. The highest BCUT2D eigenvalue weighted by atomic mass is 16.1. The molecular weight excluding hydrogens is 248 g/mol. The largest absolute Gasteiger partial charge is 0.398 e. The molecule has 0 saturated heterocycles. The minimum absolute atomic E-state index is 0.0585. The molecule has 3 nitrogen and oxygen atoms in total. The van der Waals surface area contributed by atoms with Crippen molar-refractivity contribution in [3.05, 3.63) is 65.2 Å². The van der Waals surface area contributed by atoms with Crippen LogP contribution in [0.5, 0.6) is 0 Å². The molecule has 0 aliphatic heterocycles. The molecule has 0 saturated carbocycles. The van der Waals surface area contributed by atoms with Crippen molar-refractivity contribution in [2.45, 2.75) is 26.3 Å². The maximum atomic E-state index is 12.2. The summed E-state index contributed by atoms with van der Waals surface area (Å²) in [4.78, 5) is 12.2. The fourth-order valence-electron chi connectivity index (χ4n) is 2.23. The van der Waals surface area contributed by atoms with Crippen LogP contribution >= 0.6 is 0 Å². The lowest BCUT2D eigenvalue weighted by Crippen LogP contribution is -2.34. The fourth-order valence-corrected chi connectivity index (χ4v) is 2.23. The number of nitrogens with one attached hydrogen (secondary N) is 1. The monoisotopic (exact) mass is 268 g/mol. The Morgan fingerprint density at radius 3 is 2.50 bits per heavy atom. The Labute approximate surface area is 119 Å². The van der Waals surface area contributed by atoms with Gasteiger partial charge in [-0.3, -0.25) is 4.79 Å². The van der Waals surface area contributed by atoms with Crippen LogP contribution in [0.15, 0.2) is 48.5 Å². The Bertz CT molecular complexity index is 607. The highest BCUT2D eigenvalue weighted by Crippen LogP contribution is 2.12. The maximum absolute atomic E-state index is 12.2. The van der Waals surface area contributed by atoms with Crippen LogP contribution < -0.4 is 11.1 Å². The normalized spacial score (nSPS) is 11.9. The van der Waals surface area contributed by atoms with Crippen molar-refractivity contribution in [2.75, 3.05) is 5.73 Å². The van der Waals surface area contributed by atoms with Gasteiger partial charge in [-0.2, -0.15) is 0 Å². The minimum atomic E-state index is -0.121. The number of benzene rings is 2. The van der Waals surface area contributed by atoms with Crippen LogP contribution in [0, 0.1) is 6.92 Å². The van der Waals surface area contributed by atoms with E-state index in [0.717, 1.165) is 6.42 Å². The third-order valence-electron chi connectivity index (χ3n) is 3.37. The highest BCUT2D eigenvalue weighted by Gasteiger charge is 2.12. The number of amides is 1. The van der Waals surface area contributed by atoms with Crippen LogP contribution in [0.2, 0.25) is 0 Å². The summed E-state index contributed by atoms with van der Waals surface area (Å²) in [7, 11) is 0. The summed E-state index contributed by atoms with van der Waals surface area (Å²) in [6.07, 6.45) is 0.811. The van der Waals surface area contributed by atoms with Gasteiger partial charge in [-0.25, -0.2) is 0 Å². The molecule has 1 unspecified atom stereocenters. The topological polar surface area (TPSA) is 55.1 Å². The van der Waals surface area contributed by atoms with Gasteiger partial charge in [0.15, 0.2) is 0 Å². The van der Waals surface area contributed by atoms with Gasteiger partial charge in [-0.1, -0.05) is 36.4 Å². The zero-order valence-electron chi connectivity index (χ0n) is 11.9. The Kier molecular flexibility index (Phi) is 4.41. The first-order chi connectivity index (χ1) is 9.58. The molecule has 20 heavy (non-hydrogen) atoms. The van der Waals surface area contributed by atoms with Gasteiger partial charge in [0.05, 0.1) is 5.56 Å². The van der Waals surface area contributed by atoms with Crippen LogP contribution in [0.25, 0.3) is 0 Å². The Hall–Kier alpha value is -2.29. The molecule has 0 aliphatic rings. The summed E-state index contributed by atoms with van der Waals surface area (Å²) >= 11 is 0. The molecule has 104 valence electrons. The second-order valence-electron chi connectivity index (χ2n) is 5.09. The number of anilines is 1. The number of nitrogens with two attached hydrogens (primary N) is 1. The summed E-state index contributed by atoms with van der Waals surface area (Å²) in [5.74, 6) is -0.121. The SMILES string of the molecule is Cc1ccccc1CC(C)NC(=O)c1ccccc1N. The van der Waals surface area contributed by atoms with E-state index in [2.05, 4.69) is 24.4 Å². The van der Waals surface area contributed by atoms with Crippen molar-refractivity contribution < 1.29 is 4.79 Å². The van der Waals surface area contributed by atoms with Crippen molar-refractivity contribution in [1.82, 2.24) is 5.32 Å². The van der Waals surface area contributed by atoms with Gasteiger partial charge >= 0.3 is 0 Å². The molecule has 0 aromatic heterocycles. The molecule has 3 N–H and O–H groups in total. The van der Waals surface area contributed by atoms with Crippen molar-refractivity contribution in [3.63, 3.8) is 0 Å². The van der Waals surface area contributed by atoms with Crippen molar-refractivity contribution in [2.24, 2.45) is 0 Å². The van der Waals surface area contributed by atoms with Crippen LogP contribution in [0.3, 0.4) is 0 Å². The van der Waals surface area contributed by atoms with Crippen LogP contribution in [-0.2, 0) is 6.42 Å². The smallest absolute Gasteiger partial charge is 0.253 e. The van der Waals surface area contributed by atoms with E-state index in [4.69, 9.17) is 5.73 Å². The molecule has 0 heterocycles. The van der Waals surface area contributed by atoms with Gasteiger partial charge < -0.3 is 11.1 Å². The Morgan fingerprint density at radius 1 is 1.15 bits per heavy atom. The lowest BCUT2D eigenvalue weighted by atomic mass is 10.0. The maximum Gasteiger partial charge on any atom is 0.253 e. The predicted octanol–water partition coefficient (Wildman–Crippen LogP) is 2.94. The van der Waals surface area contributed by atoms with Crippen molar-refractivity contribution in [1.29, 1.82) is 0 Å². The lowest BCUT2D eigenvalue weighted by Gasteiger charge is -2.16. The van der Waals surface area contributed by atoms with Gasteiger partial charge in [-0.05, 0) is 43.5 Å². The second kappa shape index (κ2) is 6.24. The van der Waals surface area contributed by atoms with E-state index in [0.29, 0.717) is 11.3 Å². The molecule has 0 fully saturated rings. The zero-order valence-corrected chi connectivity index (χ0v) is 11.9. The molecule has 0 radical (unpaired) electrons. The molecule has 1 amide bonds. The Morgan fingerprint density at radius 2 is 1.80 bits per heavy atom. The highest BCUT2D eigenvalue weighted by molar-refractivity contribution is 5.99. The molecular formula is C17H20N2O. The van der Waals surface area contributed by atoms with E-state index in [9.17, 15) is 4.79 Å². The molecule has 0 spiro atoms. The quantitative estimate of drug-likeness (QED) is 0.838. The number of para-hydroxylation sites is 1. The summed E-state index contributed by atoms with van der Waals surface area (Å²) in [5.41, 5.74) is 9.35. The number of aryl methyl sites for hydroxylation is 1. The van der Waals surface area contributed by atoms with Gasteiger partial charge in [0, 0.05) is 11.7 Å². The van der Waals surface area contributed by atoms with Crippen molar-refractivity contribution >= 4 is 11.6 Å². The third kappa shape index (κ3) is 3.38. The summed E-state index contributed by atoms with van der Waals surface area (Å²) in [6.45, 7) is 4.09. The standard InChI is InChI=1S/C17H20N2O/c1-12-7-3-4-8-14(12)11-13(2)19-17(20)15-9-5-6-10-16(15)18/h3-10,13H,11,18H2,1-2H3,(H,19,20). The summed E-state index contributed by atoms with van der Waals surface area (Å²) in [5, 5.41) is 2.99. The molecule has 0 bridgehead atoms. The first-order valence-corrected chi connectivity index (χ1v) is 6.78. The predicted molar refractivity (Wildman–Crippen MR) is 82.7 cm³/mol. The minimum Gasteiger partial charge on any atom is -0.398 e. The number of carbonyl (C=O) groups is 1. The van der Waals surface area contributed by atoms with Crippen LogP contribution in [-0.4, -0.2) is 11.9 Å². The van der Waals surface area contributed by atoms with E-state index in [1.807, 2.05) is 31.2 Å².